The normalized spacial score (nSPS) is 30.0. The highest BCUT2D eigenvalue weighted by atomic mass is 16.2. The first kappa shape index (κ1) is 15.3. The van der Waals surface area contributed by atoms with Crippen LogP contribution in [-0.4, -0.2) is 60.5 Å². The molecule has 0 aromatic carbocycles. The van der Waals surface area contributed by atoms with Crippen LogP contribution in [-0.2, 0) is 4.79 Å². The lowest BCUT2D eigenvalue weighted by atomic mass is 9.79. The van der Waals surface area contributed by atoms with E-state index in [0.717, 1.165) is 19.6 Å². The van der Waals surface area contributed by atoms with E-state index >= 15 is 0 Å². The number of amides is 1. The maximum atomic E-state index is 12.8. The predicted octanol–water partition coefficient (Wildman–Crippen LogP) is 2.00. The Morgan fingerprint density at radius 2 is 1.90 bits per heavy atom. The number of fused-ring (bicyclic) bond motifs is 1. The van der Waals surface area contributed by atoms with Crippen molar-refractivity contribution in [2.24, 2.45) is 0 Å². The lowest BCUT2D eigenvalue weighted by Gasteiger charge is -2.45. The fraction of sp³-hybridized carbons (Fsp3) is 0.941. The second-order valence-corrected chi connectivity index (χ2v) is 7.29. The van der Waals surface area contributed by atoms with Gasteiger partial charge in [0, 0.05) is 37.6 Å². The third kappa shape index (κ3) is 3.42. The molecule has 0 aromatic heterocycles. The molecule has 2 saturated heterocycles. The van der Waals surface area contributed by atoms with E-state index in [0.29, 0.717) is 18.4 Å². The van der Waals surface area contributed by atoms with Gasteiger partial charge in [-0.05, 0) is 39.3 Å². The Labute approximate surface area is 129 Å². The van der Waals surface area contributed by atoms with Crippen molar-refractivity contribution in [2.45, 2.75) is 69.4 Å². The van der Waals surface area contributed by atoms with Crippen LogP contribution in [0.1, 0.15) is 57.8 Å². The topological polar surface area (TPSA) is 35.6 Å². The Bertz CT molecular complexity index is 365. The first-order valence-corrected chi connectivity index (χ1v) is 8.93. The summed E-state index contributed by atoms with van der Waals surface area (Å²) in [6.07, 6.45) is 10.9. The molecule has 120 valence electrons. The van der Waals surface area contributed by atoms with Gasteiger partial charge in [-0.1, -0.05) is 25.7 Å². The Kier molecular flexibility index (Phi) is 4.85. The molecule has 0 radical (unpaired) electrons. The minimum absolute atomic E-state index is 0.0824. The molecule has 1 saturated carbocycles. The summed E-state index contributed by atoms with van der Waals surface area (Å²) in [7, 11) is 2.04. The minimum Gasteiger partial charge on any atom is -0.340 e. The summed E-state index contributed by atoms with van der Waals surface area (Å²) in [5.74, 6) is 0.386. The molecular weight excluding hydrogens is 262 g/mol. The van der Waals surface area contributed by atoms with Crippen molar-refractivity contribution in [3.05, 3.63) is 0 Å². The molecule has 0 bridgehead atoms. The summed E-state index contributed by atoms with van der Waals surface area (Å²) in [5.41, 5.74) is 0.0824. The lowest BCUT2D eigenvalue weighted by molar-refractivity contribution is -0.136. The number of hydrogen-bond acceptors (Lipinski definition) is 3. The predicted molar refractivity (Wildman–Crippen MR) is 85.3 cm³/mol. The molecule has 3 fully saturated rings. The van der Waals surface area contributed by atoms with Crippen molar-refractivity contribution in [1.82, 2.24) is 15.1 Å². The molecule has 4 nitrogen and oxygen atoms in total. The molecule has 3 rings (SSSR count). The van der Waals surface area contributed by atoms with Gasteiger partial charge in [0.15, 0.2) is 0 Å². The molecule has 1 N–H and O–H groups in total. The number of piperidine rings is 1. The molecule has 1 aliphatic carbocycles. The highest BCUT2D eigenvalue weighted by Crippen LogP contribution is 2.32. The third-order valence-corrected chi connectivity index (χ3v) is 6.02. The standard InChI is InChI=1S/C17H31N3O/c1-18-17(8-4-2-5-9-17)13-16(21)20-12-11-19-10-6-3-7-15(19)14-20/h15,18H,2-14H2,1H3. The Hall–Kier alpha value is -0.610. The van der Waals surface area contributed by atoms with Gasteiger partial charge in [-0.25, -0.2) is 0 Å². The highest BCUT2D eigenvalue weighted by molar-refractivity contribution is 5.77. The maximum absolute atomic E-state index is 12.8. The number of hydrogen-bond donors (Lipinski definition) is 1. The van der Waals surface area contributed by atoms with E-state index in [4.69, 9.17) is 0 Å². The molecule has 1 atom stereocenters. The van der Waals surface area contributed by atoms with Crippen molar-refractivity contribution in [2.75, 3.05) is 33.2 Å². The van der Waals surface area contributed by atoms with E-state index in [1.54, 1.807) is 0 Å². The van der Waals surface area contributed by atoms with E-state index in [1.165, 1.54) is 57.9 Å². The largest absolute Gasteiger partial charge is 0.340 e. The second-order valence-electron chi connectivity index (χ2n) is 7.29. The van der Waals surface area contributed by atoms with Crippen LogP contribution in [0, 0.1) is 0 Å². The zero-order valence-corrected chi connectivity index (χ0v) is 13.6. The summed E-state index contributed by atoms with van der Waals surface area (Å²) in [6.45, 7) is 4.24. The van der Waals surface area contributed by atoms with Crippen LogP contribution in [0.25, 0.3) is 0 Å². The molecule has 0 spiro atoms. The van der Waals surface area contributed by atoms with Gasteiger partial charge in [-0.15, -0.1) is 0 Å². The van der Waals surface area contributed by atoms with Crippen molar-refractivity contribution >= 4 is 5.91 Å². The van der Waals surface area contributed by atoms with Crippen molar-refractivity contribution in [3.8, 4) is 0 Å². The summed E-state index contributed by atoms with van der Waals surface area (Å²) in [6, 6.07) is 0.633. The fourth-order valence-corrected chi connectivity index (χ4v) is 4.53. The molecule has 4 heteroatoms. The van der Waals surface area contributed by atoms with Gasteiger partial charge in [0.1, 0.15) is 0 Å². The molecule has 0 aromatic rings. The van der Waals surface area contributed by atoms with E-state index < -0.39 is 0 Å². The van der Waals surface area contributed by atoms with Gasteiger partial charge in [0.05, 0.1) is 0 Å². The molecule has 2 aliphatic heterocycles. The summed E-state index contributed by atoms with van der Waals surface area (Å²) >= 11 is 0. The van der Waals surface area contributed by atoms with Gasteiger partial charge < -0.3 is 10.2 Å². The third-order valence-electron chi connectivity index (χ3n) is 6.02. The Balaban J connectivity index is 1.57. The van der Waals surface area contributed by atoms with Crippen LogP contribution >= 0.6 is 0 Å². The first-order chi connectivity index (χ1) is 10.2. The molecule has 1 amide bonds. The average Bonchev–Trinajstić information content (AvgIpc) is 2.55. The monoisotopic (exact) mass is 293 g/mol. The van der Waals surface area contributed by atoms with Gasteiger partial charge >= 0.3 is 0 Å². The highest BCUT2D eigenvalue weighted by Gasteiger charge is 2.36. The average molecular weight is 293 g/mol. The molecule has 3 aliphatic rings. The van der Waals surface area contributed by atoms with Crippen molar-refractivity contribution in [3.63, 3.8) is 0 Å². The lowest BCUT2D eigenvalue weighted by Crippen LogP contribution is -2.58. The van der Waals surface area contributed by atoms with Gasteiger partial charge in [-0.3, -0.25) is 9.69 Å². The number of carbonyl (C=O) groups excluding carboxylic acids is 1. The van der Waals surface area contributed by atoms with Gasteiger partial charge in [0.2, 0.25) is 5.91 Å². The van der Waals surface area contributed by atoms with Crippen LogP contribution in [0.3, 0.4) is 0 Å². The fourth-order valence-electron chi connectivity index (χ4n) is 4.53. The minimum atomic E-state index is 0.0824. The number of carbonyl (C=O) groups is 1. The van der Waals surface area contributed by atoms with E-state index in [2.05, 4.69) is 15.1 Å². The Morgan fingerprint density at radius 3 is 2.67 bits per heavy atom. The zero-order valence-electron chi connectivity index (χ0n) is 13.6. The smallest absolute Gasteiger partial charge is 0.224 e. The number of rotatable bonds is 3. The van der Waals surface area contributed by atoms with Crippen LogP contribution in [0.15, 0.2) is 0 Å². The molecule has 21 heavy (non-hydrogen) atoms. The van der Waals surface area contributed by atoms with Crippen molar-refractivity contribution < 1.29 is 4.79 Å². The van der Waals surface area contributed by atoms with Crippen LogP contribution in [0.2, 0.25) is 0 Å². The zero-order chi connectivity index (χ0) is 14.7. The van der Waals surface area contributed by atoms with Crippen LogP contribution in [0.5, 0.6) is 0 Å². The molecule has 1 unspecified atom stereocenters. The van der Waals surface area contributed by atoms with Gasteiger partial charge in [0.25, 0.3) is 0 Å². The second kappa shape index (κ2) is 6.66. The summed E-state index contributed by atoms with van der Waals surface area (Å²) in [5, 5.41) is 3.49. The van der Waals surface area contributed by atoms with E-state index in [-0.39, 0.29) is 5.54 Å². The summed E-state index contributed by atoms with van der Waals surface area (Å²) in [4.78, 5) is 17.5. The first-order valence-electron chi connectivity index (χ1n) is 8.93. The SMILES string of the molecule is CNC1(CC(=O)N2CCN3CCCCC3C2)CCCCC1. The van der Waals surface area contributed by atoms with Crippen LogP contribution < -0.4 is 5.32 Å². The van der Waals surface area contributed by atoms with E-state index in [9.17, 15) is 4.79 Å². The number of nitrogens with one attached hydrogen (secondary N) is 1. The van der Waals surface area contributed by atoms with Crippen molar-refractivity contribution in [1.29, 1.82) is 0 Å². The van der Waals surface area contributed by atoms with Crippen LogP contribution in [0.4, 0.5) is 0 Å². The van der Waals surface area contributed by atoms with E-state index in [1.807, 2.05) is 7.05 Å². The molecule has 2 heterocycles. The van der Waals surface area contributed by atoms with Gasteiger partial charge in [-0.2, -0.15) is 0 Å². The quantitative estimate of drug-likeness (QED) is 0.864. The maximum Gasteiger partial charge on any atom is 0.224 e. The number of piperazine rings is 1. The molecular formula is C17H31N3O. The Morgan fingerprint density at radius 1 is 1.10 bits per heavy atom. The summed E-state index contributed by atoms with van der Waals surface area (Å²) < 4.78 is 0. The number of nitrogens with zero attached hydrogens (tertiary/aromatic N) is 2.